The van der Waals surface area contributed by atoms with Gasteiger partial charge in [-0.25, -0.2) is 4.98 Å². The Kier molecular flexibility index (Phi) is 4.99. The van der Waals surface area contributed by atoms with Crippen molar-refractivity contribution in [3.05, 3.63) is 39.8 Å². The SMILES string of the molecule is COc1ccc(/C(N)=N/O)c(OCCc2scnc2C)c1. The molecule has 1 aromatic carbocycles. The van der Waals surface area contributed by atoms with E-state index in [1.165, 1.54) is 4.88 Å². The molecule has 3 N–H and O–H groups in total. The van der Waals surface area contributed by atoms with Crippen LogP contribution in [0.15, 0.2) is 28.9 Å². The quantitative estimate of drug-likeness (QED) is 0.369. The molecule has 0 aliphatic carbocycles. The van der Waals surface area contributed by atoms with E-state index in [9.17, 15) is 0 Å². The van der Waals surface area contributed by atoms with E-state index in [4.69, 9.17) is 20.4 Å². The first-order valence-corrected chi connectivity index (χ1v) is 7.21. The number of benzene rings is 1. The second-order valence-corrected chi connectivity index (χ2v) is 5.25. The van der Waals surface area contributed by atoms with Crippen molar-refractivity contribution in [2.45, 2.75) is 13.3 Å². The minimum Gasteiger partial charge on any atom is -0.497 e. The summed E-state index contributed by atoms with van der Waals surface area (Å²) >= 11 is 1.60. The lowest BCUT2D eigenvalue weighted by molar-refractivity contribution is 0.312. The van der Waals surface area contributed by atoms with E-state index in [2.05, 4.69) is 10.1 Å². The lowest BCUT2D eigenvalue weighted by Gasteiger charge is -2.12. The molecule has 1 aromatic heterocycles. The Morgan fingerprint density at radius 2 is 2.29 bits per heavy atom. The Labute approximate surface area is 126 Å². The van der Waals surface area contributed by atoms with Crippen molar-refractivity contribution in [2.75, 3.05) is 13.7 Å². The maximum absolute atomic E-state index is 8.82. The van der Waals surface area contributed by atoms with Crippen molar-refractivity contribution in [2.24, 2.45) is 10.9 Å². The minimum atomic E-state index is 0.00150. The Morgan fingerprint density at radius 3 is 2.90 bits per heavy atom. The summed E-state index contributed by atoms with van der Waals surface area (Å²) in [7, 11) is 1.57. The number of oxime groups is 1. The first-order valence-electron chi connectivity index (χ1n) is 6.33. The highest BCUT2D eigenvalue weighted by Gasteiger charge is 2.11. The molecule has 1 heterocycles. The van der Waals surface area contributed by atoms with Crippen LogP contribution in [0.5, 0.6) is 11.5 Å². The molecule has 0 unspecified atom stereocenters. The normalized spacial score (nSPS) is 11.4. The van der Waals surface area contributed by atoms with Crippen LogP contribution in [0.3, 0.4) is 0 Å². The summed E-state index contributed by atoms with van der Waals surface area (Å²) in [6.07, 6.45) is 0.753. The number of amidine groups is 1. The second kappa shape index (κ2) is 6.94. The summed E-state index contributed by atoms with van der Waals surface area (Å²) in [6, 6.07) is 5.14. The van der Waals surface area contributed by atoms with Crippen LogP contribution in [0.1, 0.15) is 16.1 Å². The van der Waals surface area contributed by atoms with Gasteiger partial charge >= 0.3 is 0 Å². The highest BCUT2D eigenvalue weighted by atomic mass is 32.1. The molecule has 0 amide bonds. The number of nitrogens with two attached hydrogens (primary N) is 1. The van der Waals surface area contributed by atoms with Gasteiger partial charge < -0.3 is 20.4 Å². The van der Waals surface area contributed by atoms with Crippen LogP contribution in [0.2, 0.25) is 0 Å². The van der Waals surface area contributed by atoms with Crippen molar-refractivity contribution in [3.63, 3.8) is 0 Å². The summed E-state index contributed by atoms with van der Waals surface area (Å²) in [5.74, 6) is 1.17. The van der Waals surface area contributed by atoms with Crippen LogP contribution < -0.4 is 15.2 Å². The Morgan fingerprint density at radius 1 is 1.48 bits per heavy atom. The van der Waals surface area contributed by atoms with Gasteiger partial charge in [-0.15, -0.1) is 11.3 Å². The first kappa shape index (κ1) is 15.1. The molecular formula is C14H17N3O3S. The van der Waals surface area contributed by atoms with E-state index in [1.807, 2.05) is 12.4 Å². The van der Waals surface area contributed by atoms with E-state index in [0.717, 1.165) is 12.1 Å². The number of ether oxygens (including phenoxy) is 2. The maximum Gasteiger partial charge on any atom is 0.173 e. The monoisotopic (exact) mass is 307 g/mol. The largest absolute Gasteiger partial charge is 0.497 e. The highest BCUT2D eigenvalue weighted by molar-refractivity contribution is 7.09. The molecule has 2 rings (SSSR count). The van der Waals surface area contributed by atoms with Crippen molar-refractivity contribution < 1.29 is 14.7 Å². The van der Waals surface area contributed by atoms with Gasteiger partial charge in [-0.05, 0) is 19.1 Å². The average molecular weight is 307 g/mol. The fourth-order valence-corrected chi connectivity index (χ4v) is 2.60. The van der Waals surface area contributed by atoms with Crippen LogP contribution in [-0.4, -0.2) is 29.7 Å². The van der Waals surface area contributed by atoms with Crippen molar-refractivity contribution in [1.82, 2.24) is 4.98 Å². The third kappa shape index (κ3) is 3.63. The van der Waals surface area contributed by atoms with Gasteiger partial charge in [0.1, 0.15) is 11.5 Å². The number of thiazole rings is 1. The third-order valence-corrected chi connectivity index (χ3v) is 4.00. The number of hydrogen-bond donors (Lipinski definition) is 2. The van der Waals surface area contributed by atoms with Gasteiger partial charge in [0.25, 0.3) is 0 Å². The van der Waals surface area contributed by atoms with Crippen LogP contribution >= 0.6 is 11.3 Å². The zero-order valence-corrected chi connectivity index (χ0v) is 12.7. The number of aromatic nitrogens is 1. The van der Waals surface area contributed by atoms with Crippen molar-refractivity contribution >= 4 is 17.2 Å². The summed E-state index contributed by atoms with van der Waals surface area (Å²) in [6.45, 7) is 2.45. The number of methoxy groups -OCH3 is 1. The molecular weight excluding hydrogens is 290 g/mol. The van der Waals surface area contributed by atoms with Crippen LogP contribution in [-0.2, 0) is 6.42 Å². The molecule has 112 valence electrons. The van der Waals surface area contributed by atoms with Gasteiger partial charge in [0.15, 0.2) is 5.84 Å². The van der Waals surface area contributed by atoms with Crippen molar-refractivity contribution in [3.8, 4) is 11.5 Å². The Bertz CT molecular complexity index is 640. The Hall–Kier alpha value is -2.28. The summed E-state index contributed by atoms with van der Waals surface area (Å²) < 4.78 is 10.9. The lowest BCUT2D eigenvalue weighted by atomic mass is 10.1. The fraction of sp³-hybridized carbons (Fsp3) is 0.286. The molecule has 6 nitrogen and oxygen atoms in total. The minimum absolute atomic E-state index is 0.00150. The second-order valence-electron chi connectivity index (χ2n) is 4.31. The highest BCUT2D eigenvalue weighted by Crippen LogP contribution is 2.25. The van der Waals surface area contributed by atoms with E-state index in [1.54, 1.807) is 36.6 Å². The predicted molar refractivity (Wildman–Crippen MR) is 81.6 cm³/mol. The smallest absolute Gasteiger partial charge is 0.173 e. The molecule has 0 fully saturated rings. The molecule has 0 saturated heterocycles. The maximum atomic E-state index is 8.82. The van der Waals surface area contributed by atoms with Gasteiger partial charge in [-0.2, -0.15) is 0 Å². The summed E-state index contributed by atoms with van der Waals surface area (Å²) in [4.78, 5) is 5.38. The van der Waals surface area contributed by atoms with Crippen LogP contribution in [0.4, 0.5) is 0 Å². The number of rotatable bonds is 6. The topological polar surface area (TPSA) is 90.0 Å². The average Bonchev–Trinajstić information content (AvgIpc) is 2.91. The molecule has 7 heteroatoms. The molecule has 0 atom stereocenters. The lowest BCUT2D eigenvalue weighted by Crippen LogP contribution is -2.15. The first-order chi connectivity index (χ1) is 10.2. The van der Waals surface area contributed by atoms with E-state index < -0.39 is 0 Å². The predicted octanol–water partition coefficient (Wildman–Crippen LogP) is 2.18. The standard InChI is InChI=1S/C14H17N3O3S/c1-9-13(21-8-16-9)5-6-20-12-7-10(19-2)3-4-11(12)14(15)17-18/h3-4,7-8,18H,5-6H2,1-2H3,(H2,15,17). The summed E-state index contributed by atoms with van der Waals surface area (Å²) in [5, 5.41) is 11.8. The van der Waals surface area contributed by atoms with E-state index >= 15 is 0 Å². The molecule has 0 saturated carbocycles. The number of nitrogens with zero attached hydrogens (tertiary/aromatic N) is 2. The van der Waals surface area contributed by atoms with Gasteiger partial charge in [-0.3, -0.25) is 0 Å². The van der Waals surface area contributed by atoms with Crippen LogP contribution in [0.25, 0.3) is 0 Å². The number of hydrogen-bond acceptors (Lipinski definition) is 6. The van der Waals surface area contributed by atoms with Gasteiger partial charge in [0.2, 0.25) is 0 Å². The fourth-order valence-electron chi connectivity index (χ4n) is 1.83. The molecule has 0 radical (unpaired) electrons. The van der Waals surface area contributed by atoms with Gasteiger partial charge in [-0.1, -0.05) is 5.16 Å². The molecule has 0 aliphatic rings. The molecule has 21 heavy (non-hydrogen) atoms. The molecule has 0 bridgehead atoms. The van der Waals surface area contributed by atoms with E-state index in [0.29, 0.717) is 23.7 Å². The molecule has 0 aliphatic heterocycles. The Balaban J connectivity index is 2.12. The zero-order valence-electron chi connectivity index (χ0n) is 11.9. The van der Waals surface area contributed by atoms with Gasteiger partial charge in [0.05, 0.1) is 30.5 Å². The zero-order chi connectivity index (χ0) is 15.2. The molecule has 2 aromatic rings. The van der Waals surface area contributed by atoms with E-state index in [-0.39, 0.29) is 5.84 Å². The number of aryl methyl sites for hydroxylation is 1. The van der Waals surface area contributed by atoms with Crippen LogP contribution in [0, 0.1) is 6.92 Å². The van der Waals surface area contributed by atoms with Crippen molar-refractivity contribution in [1.29, 1.82) is 0 Å². The summed E-state index contributed by atoms with van der Waals surface area (Å²) in [5.41, 5.74) is 9.01. The van der Waals surface area contributed by atoms with Gasteiger partial charge in [0, 0.05) is 17.4 Å². The molecule has 0 spiro atoms. The third-order valence-electron chi connectivity index (χ3n) is 3.00.